The number of rotatable bonds is 13. The van der Waals surface area contributed by atoms with E-state index in [9.17, 15) is 8.42 Å². The molecule has 8 heteroatoms. The molecule has 0 spiro atoms. The summed E-state index contributed by atoms with van der Waals surface area (Å²) < 4.78 is 29.8. The zero-order chi connectivity index (χ0) is 41.5. The molecule has 0 unspecified atom stereocenters. The Morgan fingerprint density at radius 2 is 1.02 bits per heavy atom. The summed E-state index contributed by atoms with van der Waals surface area (Å²) in [5.74, 6) is 0. The van der Waals surface area contributed by atoms with Gasteiger partial charge in [-0.05, 0) is 100 Å². The van der Waals surface area contributed by atoms with Crippen LogP contribution in [0.5, 0.6) is 0 Å². The summed E-state index contributed by atoms with van der Waals surface area (Å²) in [6.45, 7) is 17.4. The molecule has 0 aliphatic heterocycles. The number of nitrogens with one attached hydrogen (secondary N) is 2. The van der Waals surface area contributed by atoms with Crippen molar-refractivity contribution in [2.45, 2.75) is 90.9 Å². The van der Waals surface area contributed by atoms with E-state index in [1.165, 1.54) is 46.6 Å². The molecule has 3 N–H and O–H groups in total. The second-order valence-electron chi connectivity index (χ2n) is 14.4. The Bertz CT molecular complexity index is 1980. The molecule has 0 heterocycles. The minimum atomic E-state index is -4.04. The topological polar surface area (TPSA) is 74.1 Å². The number of aryl methyl sites for hydroxylation is 1. The number of hydrogen-bond acceptors (Lipinski definition) is 4. The molecule has 0 amide bonds. The number of benzene rings is 6. The summed E-state index contributed by atoms with van der Waals surface area (Å²) in [6, 6.07) is 58.2. The molecule has 0 aromatic heterocycles. The predicted molar refractivity (Wildman–Crippen MR) is 252 cm³/mol. The highest BCUT2D eigenvalue weighted by Crippen LogP contribution is 2.20. The fourth-order valence-corrected chi connectivity index (χ4v) is 7.04. The number of halogens is 1. The summed E-state index contributed by atoms with van der Waals surface area (Å²) in [6.07, 6.45) is 0. The zero-order valence-electron chi connectivity index (χ0n) is 34.4. The van der Waals surface area contributed by atoms with Gasteiger partial charge in [0.2, 0.25) is 0 Å². The van der Waals surface area contributed by atoms with Crippen molar-refractivity contribution in [3.8, 4) is 0 Å². The van der Waals surface area contributed by atoms with Crippen molar-refractivity contribution in [1.29, 1.82) is 0 Å². The van der Waals surface area contributed by atoms with Crippen LogP contribution in [0.15, 0.2) is 175 Å². The van der Waals surface area contributed by atoms with Crippen LogP contribution in [-0.4, -0.2) is 31.6 Å². The summed E-state index contributed by atoms with van der Waals surface area (Å²) in [4.78, 5) is 4.03. The quantitative estimate of drug-likeness (QED) is 0.0796. The first kappa shape index (κ1) is 49.4. The van der Waals surface area contributed by atoms with Crippen LogP contribution in [0.4, 0.5) is 11.4 Å². The Morgan fingerprint density at radius 3 is 1.43 bits per heavy atom. The highest BCUT2D eigenvalue weighted by atomic mass is 79.9. The molecule has 0 saturated carbocycles. The standard InChI is InChI=1S/C21H21N.C13H13N.C8H19N.C7H7BrO3S.CH4/c1-18-12-14-20(15-13-18)17-22(21-10-6-3-7-11-21)16-19-8-4-2-5-9-19;1-3-7-12(8-4-1)11-14-13-9-5-2-6-10-13;1-6-9(7(2)3)8(4)5;8-5-6-1-3-7(4-2-6)12(9,10)11;/h2-15H,16-17H2,1H3;1-10,14H,11H2;7-8H,6H2,1-5H3;1-4H,5H2,(H,9,10,11);1H4/p+1. The molecule has 0 atom stereocenters. The average Bonchev–Trinajstić information content (AvgIpc) is 3.22. The number of nitrogens with zero attached hydrogens (tertiary/aromatic N) is 1. The lowest BCUT2D eigenvalue weighted by atomic mass is 10.1. The molecule has 0 fully saturated rings. The maximum atomic E-state index is 10.6. The van der Waals surface area contributed by atoms with Crippen LogP contribution in [0.1, 0.15) is 69.9 Å². The Kier molecular flexibility index (Phi) is 23.0. The van der Waals surface area contributed by atoms with Crippen LogP contribution in [-0.2, 0) is 35.1 Å². The van der Waals surface area contributed by atoms with Gasteiger partial charge in [0.1, 0.15) is 0 Å². The van der Waals surface area contributed by atoms with Crippen LogP contribution >= 0.6 is 15.9 Å². The Balaban J connectivity index is 0.000000282. The van der Waals surface area contributed by atoms with Gasteiger partial charge in [-0.15, -0.1) is 0 Å². The molecule has 0 aliphatic rings. The first-order chi connectivity index (χ1) is 27.4. The van der Waals surface area contributed by atoms with Gasteiger partial charge in [0, 0.05) is 36.3 Å². The first-order valence-electron chi connectivity index (χ1n) is 19.6. The van der Waals surface area contributed by atoms with Crippen molar-refractivity contribution >= 4 is 37.4 Å². The maximum Gasteiger partial charge on any atom is 0.294 e. The largest absolute Gasteiger partial charge is 0.381 e. The summed E-state index contributed by atoms with van der Waals surface area (Å²) in [5, 5.41) is 4.03. The van der Waals surface area contributed by atoms with E-state index in [0.717, 1.165) is 43.0 Å². The highest BCUT2D eigenvalue weighted by molar-refractivity contribution is 9.08. The van der Waals surface area contributed by atoms with E-state index < -0.39 is 10.1 Å². The second kappa shape index (κ2) is 27.0. The molecule has 0 radical (unpaired) electrons. The third kappa shape index (κ3) is 19.1. The fourth-order valence-electron chi connectivity index (χ4n) is 6.18. The van der Waals surface area contributed by atoms with Crippen molar-refractivity contribution in [3.05, 3.63) is 198 Å². The monoisotopic (exact) mass is 866 g/mol. The van der Waals surface area contributed by atoms with Crippen LogP contribution < -0.4 is 15.1 Å². The smallest absolute Gasteiger partial charge is 0.294 e. The summed E-state index contributed by atoms with van der Waals surface area (Å²) >= 11 is 3.22. The number of quaternary nitrogens is 1. The Morgan fingerprint density at radius 1 is 0.603 bits per heavy atom. The van der Waals surface area contributed by atoms with Crippen molar-refractivity contribution < 1.29 is 17.9 Å². The summed E-state index contributed by atoms with van der Waals surface area (Å²) in [7, 11) is -4.04. The van der Waals surface area contributed by atoms with E-state index in [1.807, 2.05) is 24.3 Å². The third-order valence-electron chi connectivity index (χ3n) is 9.21. The van der Waals surface area contributed by atoms with E-state index in [0.29, 0.717) is 5.33 Å². The van der Waals surface area contributed by atoms with E-state index >= 15 is 0 Å². The van der Waals surface area contributed by atoms with E-state index in [-0.39, 0.29) is 12.3 Å². The Labute approximate surface area is 358 Å². The molecule has 0 saturated heterocycles. The Hall–Kier alpha value is -4.73. The molecule has 0 aliphatic carbocycles. The van der Waals surface area contributed by atoms with Gasteiger partial charge in [0.25, 0.3) is 10.1 Å². The van der Waals surface area contributed by atoms with Gasteiger partial charge in [-0.1, -0.05) is 162 Å². The van der Waals surface area contributed by atoms with Gasteiger partial charge in [0.15, 0.2) is 0 Å². The van der Waals surface area contributed by atoms with Crippen LogP contribution in [0.25, 0.3) is 0 Å². The normalized spacial score (nSPS) is 10.5. The second-order valence-corrected chi connectivity index (χ2v) is 16.3. The van der Waals surface area contributed by atoms with Gasteiger partial charge in [0.05, 0.1) is 23.5 Å². The zero-order valence-corrected chi connectivity index (χ0v) is 36.8. The van der Waals surface area contributed by atoms with Crippen molar-refractivity contribution in [2.75, 3.05) is 16.8 Å². The molecule has 58 heavy (non-hydrogen) atoms. The molecular weight excluding hydrogens is 803 g/mol. The molecule has 310 valence electrons. The molecular formula is C50H65BrN3O3S+. The number of para-hydroxylation sites is 2. The lowest BCUT2D eigenvalue weighted by molar-refractivity contribution is -0.940. The molecule has 6 rings (SSSR count). The number of hydrogen-bond donors (Lipinski definition) is 3. The minimum absolute atomic E-state index is 0. The molecule has 6 nitrogen and oxygen atoms in total. The van der Waals surface area contributed by atoms with Crippen LogP contribution in [0.3, 0.4) is 0 Å². The lowest BCUT2D eigenvalue weighted by Gasteiger charge is -2.25. The van der Waals surface area contributed by atoms with Gasteiger partial charge in [-0.3, -0.25) is 4.55 Å². The van der Waals surface area contributed by atoms with Gasteiger partial charge in [-0.2, -0.15) is 8.42 Å². The van der Waals surface area contributed by atoms with Crippen molar-refractivity contribution in [1.82, 2.24) is 0 Å². The third-order valence-corrected chi connectivity index (χ3v) is 10.7. The summed E-state index contributed by atoms with van der Waals surface area (Å²) in [5.41, 5.74) is 8.66. The van der Waals surface area contributed by atoms with Crippen molar-refractivity contribution in [2.24, 2.45) is 0 Å². The minimum Gasteiger partial charge on any atom is -0.381 e. The predicted octanol–water partition coefficient (Wildman–Crippen LogP) is 11.7. The van der Waals surface area contributed by atoms with E-state index in [4.69, 9.17) is 4.55 Å². The number of alkyl halides is 1. The van der Waals surface area contributed by atoms with Crippen molar-refractivity contribution in [3.63, 3.8) is 0 Å². The first-order valence-corrected chi connectivity index (χ1v) is 22.2. The number of anilines is 2. The molecule has 6 aromatic rings. The van der Waals surface area contributed by atoms with E-state index in [1.54, 1.807) is 17.0 Å². The maximum absolute atomic E-state index is 10.6. The van der Waals surface area contributed by atoms with Gasteiger partial charge in [-0.25, -0.2) is 0 Å². The fraction of sp³-hybridized carbons (Fsp3) is 0.280. The van der Waals surface area contributed by atoms with Gasteiger partial charge >= 0.3 is 0 Å². The SMILES string of the molecule is C.CC[NH+](C(C)C)C(C)C.Cc1ccc(CN(Cc2ccccc2)c2ccccc2)cc1.O=S(=O)(O)c1ccc(CBr)cc1.c1ccc(CNc2ccccc2)cc1. The highest BCUT2D eigenvalue weighted by Gasteiger charge is 2.13. The lowest BCUT2D eigenvalue weighted by Crippen LogP contribution is -3.17. The van der Waals surface area contributed by atoms with Crippen LogP contribution in [0.2, 0.25) is 0 Å². The average molecular weight is 868 g/mol. The van der Waals surface area contributed by atoms with Gasteiger partial charge < -0.3 is 15.1 Å². The van der Waals surface area contributed by atoms with Crippen LogP contribution in [0, 0.1) is 6.92 Å². The van der Waals surface area contributed by atoms with E-state index in [2.05, 4.69) is 189 Å². The molecule has 0 bridgehead atoms. The molecule has 6 aromatic carbocycles.